The number of benzene rings is 2. The number of aliphatic imine (C=N–C) groups is 1. The van der Waals surface area contributed by atoms with Gasteiger partial charge in [-0.25, -0.2) is 0 Å². The fourth-order valence-electron chi connectivity index (χ4n) is 4.51. The molecule has 42 heavy (non-hydrogen) atoms. The normalized spacial score (nSPS) is 15.7. The van der Waals surface area contributed by atoms with Crippen LogP contribution >= 0.6 is 0 Å². The van der Waals surface area contributed by atoms with Crippen molar-refractivity contribution in [2.45, 2.75) is 57.4 Å². The first kappa shape index (κ1) is 31.0. The van der Waals surface area contributed by atoms with Crippen molar-refractivity contribution < 1.29 is 24.5 Å². The molecule has 1 aliphatic heterocycles. The quantitative estimate of drug-likeness (QED) is 0.174. The predicted octanol–water partition coefficient (Wildman–Crippen LogP) is 3.09. The van der Waals surface area contributed by atoms with Crippen LogP contribution in [0.1, 0.15) is 44.7 Å². The van der Waals surface area contributed by atoms with Crippen molar-refractivity contribution >= 4 is 30.9 Å². The molecule has 1 aromatic heterocycles. The van der Waals surface area contributed by atoms with Gasteiger partial charge >= 0.3 is 0 Å². The van der Waals surface area contributed by atoms with Gasteiger partial charge in [-0.2, -0.15) is 0 Å². The molecule has 0 saturated carbocycles. The van der Waals surface area contributed by atoms with E-state index in [9.17, 15) is 15.0 Å². The Labute approximate surface area is 247 Å². The molecule has 11 heteroatoms. The third kappa shape index (κ3) is 8.54. The Hall–Kier alpha value is -3.93. The molecule has 0 bridgehead atoms. The zero-order valence-corrected chi connectivity index (χ0v) is 24.5. The molecule has 4 rings (SSSR count). The number of ether oxygens (including phenoxy) is 2. The van der Waals surface area contributed by atoms with Gasteiger partial charge in [-0.3, -0.25) is 14.8 Å². The zero-order valence-electron chi connectivity index (χ0n) is 24.5. The number of hydrogen-bond donors (Lipinski definition) is 4. The van der Waals surface area contributed by atoms with Crippen LogP contribution in [0.3, 0.4) is 0 Å². The maximum Gasteiger partial charge on any atom is 0.228 e. The van der Waals surface area contributed by atoms with Crippen LogP contribution in [0.5, 0.6) is 17.2 Å². The maximum atomic E-state index is 12.7. The molecular formula is C31H38BN5O5. The van der Waals surface area contributed by atoms with Gasteiger partial charge in [-0.05, 0) is 82.6 Å². The highest BCUT2D eigenvalue weighted by Crippen LogP contribution is 2.36. The van der Waals surface area contributed by atoms with Crippen LogP contribution in [0.4, 0.5) is 0 Å². The number of aliphatic hydroxyl groups is 2. The zero-order chi connectivity index (χ0) is 30.5. The van der Waals surface area contributed by atoms with Crippen LogP contribution in [0.15, 0.2) is 65.6 Å². The van der Waals surface area contributed by atoms with E-state index in [1.807, 2.05) is 39.0 Å². The van der Waals surface area contributed by atoms with E-state index in [0.29, 0.717) is 33.7 Å². The standard InChI is InChI=1S/C31H38BN5O5/c1-30(2,3)35-19-21(18-33)36-29(38)16-20-5-8-28(25(15-20)31(32,39)40)42-27-9-12-34-26-7-6-23(17-24(26)27)41-22-10-13-37(4)14-11-22/h5-9,12,15,17-19,22,39-40H,10-11,13-14,16,33H2,1-4H3,(H,36,38)/b21-18+,35-19?. The van der Waals surface area contributed by atoms with Crippen molar-refractivity contribution in [2.75, 3.05) is 20.1 Å². The van der Waals surface area contributed by atoms with Gasteiger partial charge in [0.2, 0.25) is 5.91 Å². The number of allylic oxidation sites excluding steroid dienone is 1. The van der Waals surface area contributed by atoms with Crippen LogP contribution in [0.25, 0.3) is 10.9 Å². The molecule has 1 amide bonds. The van der Waals surface area contributed by atoms with Crippen molar-refractivity contribution in [3.05, 3.63) is 71.7 Å². The smallest absolute Gasteiger partial charge is 0.228 e. The minimum Gasteiger partial charge on any atom is -0.490 e. The topological polar surface area (TPSA) is 143 Å². The summed E-state index contributed by atoms with van der Waals surface area (Å²) >= 11 is 0. The molecule has 1 fully saturated rings. The molecular weight excluding hydrogens is 533 g/mol. The molecule has 220 valence electrons. The predicted molar refractivity (Wildman–Crippen MR) is 164 cm³/mol. The van der Waals surface area contributed by atoms with Crippen molar-refractivity contribution in [1.29, 1.82) is 0 Å². The van der Waals surface area contributed by atoms with Crippen LogP contribution in [-0.2, 0) is 16.9 Å². The highest BCUT2D eigenvalue weighted by atomic mass is 16.5. The third-order valence-electron chi connectivity index (χ3n) is 6.72. The van der Waals surface area contributed by atoms with Gasteiger partial charge in [0.1, 0.15) is 29.0 Å². The van der Waals surface area contributed by atoms with Gasteiger partial charge in [0.05, 0.1) is 23.2 Å². The van der Waals surface area contributed by atoms with Crippen molar-refractivity contribution in [1.82, 2.24) is 15.2 Å². The lowest BCUT2D eigenvalue weighted by Crippen LogP contribution is -2.35. The summed E-state index contributed by atoms with van der Waals surface area (Å²) < 4.78 is 12.4. The number of likely N-dealkylation sites (tertiary alicyclic amines) is 1. The molecule has 1 saturated heterocycles. The van der Waals surface area contributed by atoms with Gasteiger partial charge in [-0.1, -0.05) is 6.07 Å². The molecule has 10 nitrogen and oxygen atoms in total. The first-order valence-corrected chi connectivity index (χ1v) is 13.9. The molecule has 5 N–H and O–H groups in total. The molecule has 2 radical (unpaired) electrons. The van der Waals surface area contributed by atoms with E-state index in [1.54, 1.807) is 18.3 Å². The molecule has 3 aromatic rings. The average molecular weight is 571 g/mol. The van der Waals surface area contributed by atoms with Crippen LogP contribution in [0, 0.1) is 0 Å². The number of pyridine rings is 1. The summed E-state index contributed by atoms with van der Waals surface area (Å²) in [6.07, 6.45) is 6.28. The van der Waals surface area contributed by atoms with Crippen LogP contribution in [0.2, 0.25) is 0 Å². The average Bonchev–Trinajstić information content (AvgIpc) is 2.92. The Morgan fingerprint density at radius 2 is 1.90 bits per heavy atom. The Morgan fingerprint density at radius 1 is 1.17 bits per heavy atom. The first-order chi connectivity index (χ1) is 19.8. The number of rotatable bonds is 9. The van der Waals surface area contributed by atoms with Crippen molar-refractivity contribution in [2.24, 2.45) is 10.7 Å². The SMILES string of the molecule is [B]C(O)(O)c1cc(CC(=O)N/C(C=NC(C)(C)C)=C/N)ccc1Oc1ccnc2ccc(OC3CCN(C)CC3)cc12. The number of aromatic nitrogens is 1. The maximum absolute atomic E-state index is 12.7. The number of amides is 1. The molecule has 0 aliphatic carbocycles. The Bertz CT molecular complexity index is 1470. The number of carbonyl (C=O) groups is 1. The van der Waals surface area contributed by atoms with Gasteiger partial charge in [-0.15, -0.1) is 0 Å². The number of hydrogen-bond acceptors (Lipinski definition) is 9. The second-order valence-electron chi connectivity index (χ2n) is 11.5. The summed E-state index contributed by atoms with van der Waals surface area (Å²) in [6, 6.07) is 11.9. The highest BCUT2D eigenvalue weighted by molar-refractivity contribution is 6.13. The Balaban J connectivity index is 1.55. The minimum atomic E-state index is -2.73. The molecule has 2 aromatic carbocycles. The van der Waals surface area contributed by atoms with Gasteiger partial charge in [0.15, 0.2) is 7.85 Å². The first-order valence-electron chi connectivity index (χ1n) is 13.9. The number of carbonyl (C=O) groups excluding carboxylic acids is 1. The van der Waals surface area contributed by atoms with Crippen LogP contribution < -0.4 is 20.5 Å². The van der Waals surface area contributed by atoms with Crippen molar-refractivity contribution in [3.8, 4) is 17.2 Å². The van der Waals surface area contributed by atoms with E-state index in [4.69, 9.17) is 23.1 Å². The Kier molecular flexibility index (Phi) is 9.55. The monoisotopic (exact) mass is 571 g/mol. The molecule has 0 unspecified atom stereocenters. The van der Waals surface area contributed by atoms with Crippen LogP contribution in [-0.4, -0.2) is 71.8 Å². The number of nitrogens with one attached hydrogen (secondary N) is 1. The van der Waals surface area contributed by atoms with E-state index >= 15 is 0 Å². The number of piperidine rings is 1. The molecule has 0 spiro atoms. The molecule has 2 heterocycles. The molecule has 1 aliphatic rings. The van der Waals surface area contributed by atoms with E-state index in [-0.39, 0.29) is 35.3 Å². The number of nitrogens with two attached hydrogens (primary N) is 1. The number of fused-ring (bicyclic) bond motifs is 1. The fourth-order valence-corrected chi connectivity index (χ4v) is 4.51. The summed E-state index contributed by atoms with van der Waals surface area (Å²) in [5, 5.41) is 24.1. The minimum absolute atomic E-state index is 0.0834. The summed E-state index contributed by atoms with van der Waals surface area (Å²) in [5.41, 5.74) is 3.97. The second-order valence-corrected chi connectivity index (χ2v) is 11.5. The third-order valence-corrected chi connectivity index (χ3v) is 6.72. The van der Waals surface area contributed by atoms with Gasteiger partial charge in [0, 0.05) is 42.7 Å². The Morgan fingerprint density at radius 3 is 2.57 bits per heavy atom. The number of nitrogens with zero attached hydrogens (tertiary/aromatic N) is 3. The van der Waals surface area contributed by atoms with Crippen molar-refractivity contribution in [3.63, 3.8) is 0 Å². The van der Waals surface area contributed by atoms with Gasteiger partial charge < -0.3 is 35.6 Å². The van der Waals surface area contributed by atoms with E-state index < -0.39 is 5.69 Å². The summed E-state index contributed by atoms with van der Waals surface area (Å²) in [6.45, 7) is 7.73. The van der Waals surface area contributed by atoms with E-state index in [2.05, 4.69) is 27.2 Å². The highest BCUT2D eigenvalue weighted by Gasteiger charge is 2.25. The largest absolute Gasteiger partial charge is 0.490 e. The molecule has 0 atom stereocenters. The van der Waals surface area contributed by atoms with Gasteiger partial charge in [0.25, 0.3) is 0 Å². The lowest BCUT2D eigenvalue weighted by atomic mass is 9.85. The fraction of sp³-hybridized carbons (Fsp3) is 0.387. The van der Waals surface area contributed by atoms with E-state index in [0.717, 1.165) is 25.9 Å². The van der Waals surface area contributed by atoms with E-state index in [1.165, 1.54) is 24.5 Å². The summed E-state index contributed by atoms with van der Waals surface area (Å²) in [7, 11) is 7.80. The summed E-state index contributed by atoms with van der Waals surface area (Å²) in [4.78, 5) is 23.7. The summed E-state index contributed by atoms with van der Waals surface area (Å²) in [5.74, 6) is 0.871. The lowest BCUT2D eigenvalue weighted by molar-refractivity contribution is -0.119. The lowest BCUT2D eigenvalue weighted by Gasteiger charge is -2.29. The second kappa shape index (κ2) is 12.9.